The number of halogens is 1. The van der Waals surface area contributed by atoms with Gasteiger partial charge in [0, 0.05) is 13.2 Å². The number of hydrogen-bond acceptors (Lipinski definition) is 4. The lowest BCUT2D eigenvalue weighted by Crippen LogP contribution is -2.21. The first-order chi connectivity index (χ1) is 9.67. The second-order valence-electron chi connectivity index (χ2n) is 4.59. The predicted molar refractivity (Wildman–Crippen MR) is 81.6 cm³/mol. The molecule has 5 heteroatoms. The summed E-state index contributed by atoms with van der Waals surface area (Å²) in [6.07, 6.45) is 1.78. The molecule has 1 unspecified atom stereocenters. The zero-order valence-electron chi connectivity index (χ0n) is 12.2. The zero-order valence-corrected chi connectivity index (χ0v) is 13.0. The molecule has 114 valence electrons. The number of nitrogens with two attached hydrogens (primary N) is 1. The first-order valence-electron chi connectivity index (χ1n) is 6.90. The lowest BCUT2D eigenvalue weighted by atomic mass is 10.0. The second kappa shape index (κ2) is 10.00. The van der Waals surface area contributed by atoms with Crippen LogP contribution in [0.25, 0.3) is 0 Å². The Morgan fingerprint density at radius 1 is 1.20 bits per heavy atom. The third-order valence-corrected chi connectivity index (χ3v) is 3.23. The third-order valence-electron chi connectivity index (χ3n) is 2.94. The first-order valence-corrected chi connectivity index (χ1v) is 7.28. The molecule has 4 nitrogen and oxygen atoms in total. The van der Waals surface area contributed by atoms with Gasteiger partial charge in [0.1, 0.15) is 12.4 Å². The molecule has 20 heavy (non-hydrogen) atoms. The average molecular weight is 302 g/mol. The van der Waals surface area contributed by atoms with Crippen LogP contribution in [0.3, 0.4) is 0 Å². The van der Waals surface area contributed by atoms with Crippen LogP contribution in [0.15, 0.2) is 18.2 Å². The topological polar surface area (TPSA) is 53.7 Å². The van der Waals surface area contributed by atoms with Crippen molar-refractivity contribution in [2.45, 2.75) is 25.8 Å². The predicted octanol–water partition coefficient (Wildman–Crippen LogP) is 2.66. The fraction of sp³-hybridized carbons (Fsp3) is 0.600. The van der Waals surface area contributed by atoms with E-state index >= 15 is 0 Å². The molecule has 1 atom stereocenters. The van der Waals surface area contributed by atoms with E-state index in [2.05, 4.69) is 6.92 Å². The fourth-order valence-corrected chi connectivity index (χ4v) is 1.95. The molecule has 0 aromatic heterocycles. The Morgan fingerprint density at radius 3 is 2.60 bits per heavy atom. The highest BCUT2D eigenvalue weighted by Gasteiger charge is 2.06. The molecule has 0 aliphatic carbocycles. The number of benzene rings is 1. The molecule has 0 heterocycles. The lowest BCUT2D eigenvalue weighted by molar-refractivity contribution is 0.0544. The van der Waals surface area contributed by atoms with Gasteiger partial charge in [-0.15, -0.1) is 0 Å². The van der Waals surface area contributed by atoms with Crippen molar-refractivity contribution < 1.29 is 14.2 Å². The Bertz CT molecular complexity index is 387. The number of methoxy groups -OCH3 is 1. The first kappa shape index (κ1) is 17.2. The van der Waals surface area contributed by atoms with E-state index in [0.29, 0.717) is 37.2 Å². The van der Waals surface area contributed by atoms with Crippen molar-refractivity contribution in [2.75, 3.05) is 33.5 Å². The quantitative estimate of drug-likeness (QED) is 0.675. The third kappa shape index (κ3) is 6.57. The van der Waals surface area contributed by atoms with Crippen molar-refractivity contribution in [1.82, 2.24) is 0 Å². The van der Waals surface area contributed by atoms with Gasteiger partial charge >= 0.3 is 0 Å². The van der Waals surface area contributed by atoms with Gasteiger partial charge in [-0.3, -0.25) is 0 Å². The number of ether oxygens (including phenoxy) is 3. The van der Waals surface area contributed by atoms with Crippen LogP contribution >= 0.6 is 11.6 Å². The van der Waals surface area contributed by atoms with E-state index in [1.165, 1.54) is 0 Å². The Hall–Kier alpha value is -0.810. The Morgan fingerprint density at radius 2 is 1.95 bits per heavy atom. The van der Waals surface area contributed by atoms with E-state index in [0.717, 1.165) is 18.4 Å². The second-order valence-corrected chi connectivity index (χ2v) is 5.00. The molecule has 0 aliphatic heterocycles. The smallest absolute Gasteiger partial charge is 0.138 e. The molecule has 0 saturated carbocycles. The maximum Gasteiger partial charge on any atom is 0.138 e. The van der Waals surface area contributed by atoms with E-state index in [-0.39, 0.29) is 6.04 Å². The van der Waals surface area contributed by atoms with E-state index < -0.39 is 0 Å². The summed E-state index contributed by atoms with van der Waals surface area (Å²) in [7, 11) is 1.64. The standard InChI is InChI=1S/C15H24ClNO3/c1-3-13(17)10-12-4-5-15(14(16)11-12)20-9-8-19-7-6-18-2/h4-5,11,13H,3,6-10,17H2,1-2H3. The number of hydrogen-bond donors (Lipinski definition) is 1. The summed E-state index contributed by atoms with van der Waals surface area (Å²) in [5, 5.41) is 0.614. The van der Waals surface area contributed by atoms with Gasteiger partial charge in [-0.05, 0) is 30.5 Å². The summed E-state index contributed by atoms with van der Waals surface area (Å²) in [6.45, 7) is 4.22. The van der Waals surface area contributed by atoms with Crippen molar-refractivity contribution in [3.8, 4) is 5.75 Å². The Labute approximate surface area is 126 Å². The van der Waals surface area contributed by atoms with Crippen molar-refractivity contribution >= 4 is 11.6 Å². The molecule has 0 radical (unpaired) electrons. The monoisotopic (exact) mass is 301 g/mol. The van der Waals surface area contributed by atoms with E-state index in [4.69, 9.17) is 31.5 Å². The molecule has 1 aromatic rings. The van der Waals surface area contributed by atoms with E-state index in [1.54, 1.807) is 7.11 Å². The van der Waals surface area contributed by atoms with Gasteiger partial charge < -0.3 is 19.9 Å². The van der Waals surface area contributed by atoms with E-state index in [9.17, 15) is 0 Å². The highest BCUT2D eigenvalue weighted by atomic mass is 35.5. The van der Waals surface area contributed by atoms with Crippen LogP contribution in [0.5, 0.6) is 5.75 Å². The van der Waals surface area contributed by atoms with Crippen LogP contribution in [-0.4, -0.2) is 39.6 Å². The van der Waals surface area contributed by atoms with Crippen LogP contribution in [0.1, 0.15) is 18.9 Å². The van der Waals surface area contributed by atoms with Crippen molar-refractivity contribution in [3.63, 3.8) is 0 Å². The van der Waals surface area contributed by atoms with E-state index in [1.807, 2.05) is 18.2 Å². The molecule has 0 bridgehead atoms. The highest BCUT2D eigenvalue weighted by molar-refractivity contribution is 6.32. The van der Waals surface area contributed by atoms with Crippen molar-refractivity contribution in [2.24, 2.45) is 5.73 Å². The van der Waals surface area contributed by atoms with Gasteiger partial charge in [-0.25, -0.2) is 0 Å². The summed E-state index contributed by atoms with van der Waals surface area (Å²) >= 11 is 6.19. The Balaban J connectivity index is 2.36. The minimum absolute atomic E-state index is 0.173. The fourth-order valence-electron chi connectivity index (χ4n) is 1.69. The van der Waals surface area contributed by atoms with Crippen molar-refractivity contribution in [1.29, 1.82) is 0 Å². The minimum Gasteiger partial charge on any atom is -0.490 e. The normalized spacial score (nSPS) is 12.4. The molecule has 1 aromatic carbocycles. The molecule has 0 fully saturated rings. The van der Waals surface area contributed by atoms with Gasteiger partial charge in [0.05, 0.1) is 24.8 Å². The average Bonchev–Trinajstić information content (AvgIpc) is 2.44. The van der Waals surface area contributed by atoms with Gasteiger partial charge in [-0.1, -0.05) is 24.6 Å². The summed E-state index contributed by atoms with van der Waals surface area (Å²) < 4.78 is 15.8. The van der Waals surface area contributed by atoms with Crippen LogP contribution < -0.4 is 10.5 Å². The summed E-state index contributed by atoms with van der Waals surface area (Å²) in [5.41, 5.74) is 7.06. The van der Waals surface area contributed by atoms with Gasteiger partial charge in [0.25, 0.3) is 0 Å². The molecular formula is C15H24ClNO3. The maximum atomic E-state index is 6.19. The molecule has 0 saturated heterocycles. The summed E-state index contributed by atoms with van der Waals surface area (Å²) in [5.74, 6) is 0.677. The SMILES string of the molecule is CCC(N)Cc1ccc(OCCOCCOC)c(Cl)c1. The van der Waals surface area contributed by atoms with Crippen molar-refractivity contribution in [3.05, 3.63) is 28.8 Å². The largest absolute Gasteiger partial charge is 0.490 e. The molecule has 0 amide bonds. The highest BCUT2D eigenvalue weighted by Crippen LogP contribution is 2.26. The number of rotatable bonds is 10. The molecule has 2 N–H and O–H groups in total. The summed E-state index contributed by atoms with van der Waals surface area (Å²) in [4.78, 5) is 0. The van der Waals surface area contributed by atoms with Crippen LogP contribution in [0.2, 0.25) is 5.02 Å². The molecule has 0 spiro atoms. The minimum atomic E-state index is 0.173. The molecule has 0 aliphatic rings. The van der Waals surface area contributed by atoms with Gasteiger partial charge in [0.2, 0.25) is 0 Å². The van der Waals surface area contributed by atoms with Crippen LogP contribution in [-0.2, 0) is 15.9 Å². The van der Waals surface area contributed by atoms with Crippen LogP contribution in [0, 0.1) is 0 Å². The lowest BCUT2D eigenvalue weighted by Gasteiger charge is -2.12. The zero-order chi connectivity index (χ0) is 14.8. The molecule has 1 rings (SSSR count). The van der Waals surface area contributed by atoms with Crippen LogP contribution in [0.4, 0.5) is 0 Å². The van der Waals surface area contributed by atoms with Gasteiger partial charge in [-0.2, -0.15) is 0 Å². The van der Waals surface area contributed by atoms with Gasteiger partial charge in [0.15, 0.2) is 0 Å². The maximum absolute atomic E-state index is 6.19. The Kier molecular flexibility index (Phi) is 8.62. The molecular weight excluding hydrogens is 278 g/mol. The summed E-state index contributed by atoms with van der Waals surface area (Å²) in [6, 6.07) is 5.97.